The molecule has 0 radical (unpaired) electrons. The van der Waals surface area contributed by atoms with Crippen LogP contribution in [0.15, 0.2) is 71.9 Å². The molecule has 1 aliphatic carbocycles. The zero-order valence-corrected chi connectivity index (χ0v) is 88.9. The van der Waals surface area contributed by atoms with Gasteiger partial charge >= 0.3 is 36.2 Å². The summed E-state index contributed by atoms with van der Waals surface area (Å²) in [7, 11) is 10.7. The Morgan fingerprint density at radius 2 is 1.27 bits per heavy atom. The molecule has 42 nitrogen and oxygen atoms in total. The van der Waals surface area contributed by atoms with Gasteiger partial charge in [0.25, 0.3) is 5.69 Å². The smallest absolute Gasteiger partial charge is 0.481 e. The summed E-state index contributed by atoms with van der Waals surface area (Å²) in [6, 6.07) is 14.4. The van der Waals surface area contributed by atoms with Crippen LogP contribution in [-0.4, -0.2) is 355 Å². The van der Waals surface area contributed by atoms with Gasteiger partial charge in [0.1, 0.15) is 49.8 Å². The number of carboxylic acids is 1. The van der Waals surface area contributed by atoms with Gasteiger partial charge in [0, 0.05) is 143 Å². The van der Waals surface area contributed by atoms with E-state index in [4.69, 9.17) is 96.7 Å². The standard InChI is InChI=1S/C61H87N5O12.C22H35N3O9S2.C11H20O7.C7H16O4.CO2/c1-9-41(35-67)78-51(75-8)36-77-50(70)22-16-21-49(69)62-39(5)53(71)76-29-15-14-20-48(68)61(74)55-60(25-28-66-26-17-24-59(11-3,54(60)66)56(61)72)45-31-44(38(4)30-47(45)64(55)7)57(6)32-40-33-58(73,10-2)37-65(34-40)27-23-43-42-18-12-13-19-46(42)63-52(43)57;1-5-17(14-26)34-20(31-4)15-33-21(28)32-12-9-18(27)23-11-6-10-22(2,3)36-35-19-8-7-16(13-24-19)25(29)30;1-3-8(6-12)18-11(16-2)7-17-10(15)5-4-9(13)14;1-3-6(4-8)11-7(5-9)10-2;2-1-3/h12-13,17-19,24,30-31,39-41,51,54-56,63,67,72-74H,9-11,14-16,20-23,25-29,32-37H2,1-8H3,(H,62,69);7-8,13,17,20,26H,5-6,9-12,14-15H2,1-4H3,(H,23,27);8,11-12H,3-7H2,1-2H3,(H,13,14);6-9H,3-5H2,1-2H3;/t39?,40-,41?,51?,54?,55?,56+,57+,58?,59+,60?,61-;;;;/m0..../s1. The number of aliphatic carboxylic acids is 1. The molecule has 3 fully saturated rings. The van der Waals surface area contributed by atoms with E-state index in [1.807, 2.05) is 34.7 Å². The number of hydrogen-bond donors (Lipinski definition) is 12. The fourth-order valence-corrected chi connectivity index (χ4v) is 22.2. The zero-order chi connectivity index (χ0) is 108. The number of pyridine rings is 1. The molecule has 6 aliphatic rings. The molecule has 1 spiro atoms. The Morgan fingerprint density at radius 3 is 1.82 bits per heavy atom. The zero-order valence-electron chi connectivity index (χ0n) is 87.3. The quantitative estimate of drug-likeness (QED) is 0.00287. The maximum atomic E-state index is 15.2. The number of aliphatic hydroxyl groups is 8. The van der Waals surface area contributed by atoms with Crippen LogP contribution in [0.1, 0.15) is 226 Å². The number of benzene rings is 2. The van der Waals surface area contributed by atoms with Crippen molar-refractivity contribution in [2.45, 2.75) is 317 Å². The topological polar surface area (TPSA) is 578 Å². The van der Waals surface area contributed by atoms with Crippen molar-refractivity contribution >= 4 is 97.6 Å². The number of amides is 2. The van der Waals surface area contributed by atoms with Crippen molar-refractivity contribution < 1.29 is 160 Å². The number of carbonyl (C=O) groups excluding carboxylic acids is 9. The van der Waals surface area contributed by atoms with E-state index < -0.39 is 130 Å². The number of aryl methyl sites for hydroxylation is 1. The van der Waals surface area contributed by atoms with Crippen LogP contribution in [0.2, 0.25) is 0 Å². The predicted octanol–water partition coefficient (Wildman–Crippen LogP) is 8.67. The molecule has 7 heterocycles. The number of nitro groups is 1. The number of carboxylic acid groups (broad SMARTS) is 1. The van der Waals surface area contributed by atoms with Gasteiger partial charge < -0.3 is 128 Å². The van der Waals surface area contributed by atoms with Crippen LogP contribution in [0.5, 0.6) is 0 Å². The van der Waals surface area contributed by atoms with Crippen LogP contribution in [0.3, 0.4) is 0 Å². The average molecular weight is 2100 g/mol. The molecule has 822 valence electrons. The minimum absolute atomic E-state index is 0.00152. The van der Waals surface area contributed by atoms with Crippen molar-refractivity contribution in [3.63, 3.8) is 0 Å². The van der Waals surface area contributed by atoms with Crippen molar-refractivity contribution in [1.29, 1.82) is 0 Å². The summed E-state index contributed by atoms with van der Waals surface area (Å²) in [5, 5.41) is 110. The maximum Gasteiger partial charge on any atom is 0.508 e. The van der Waals surface area contributed by atoms with Gasteiger partial charge in [0.05, 0.1) is 99.9 Å². The molecule has 19 atom stereocenters. The maximum absolute atomic E-state index is 15.2. The van der Waals surface area contributed by atoms with Gasteiger partial charge in [0.2, 0.25) is 11.8 Å². The van der Waals surface area contributed by atoms with Gasteiger partial charge in [-0.2, -0.15) is 9.59 Å². The van der Waals surface area contributed by atoms with E-state index in [1.165, 1.54) is 80.6 Å². The highest BCUT2D eigenvalue weighted by Crippen LogP contribution is 2.68. The Hall–Kier alpha value is -8.81. The number of hydrogen-bond acceptors (Lipinski definition) is 39. The van der Waals surface area contributed by atoms with Gasteiger partial charge in [-0.05, 0) is 195 Å². The number of nitrogens with one attached hydrogen (secondary N) is 3. The normalized spacial score (nSPS) is 23.4. The third-order valence-electron chi connectivity index (χ3n) is 27.7. The number of ketones is 1. The lowest BCUT2D eigenvalue weighted by Gasteiger charge is -2.63. The summed E-state index contributed by atoms with van der Waals surface area (Å²) in [5.41, 5.74) is 2.88. The molecule has 1 saturated carbocycles. The molecular formula is C102H158N8O34S2. The molecule has 2 saturated heterocycles. The average Bonchev–Trinajstić information content (AvgIpc) is 1.47. The molecule has 12 N–H and O–H groups in total. The van der Waals surface area contributed by atoms with E-state index >= 15 is 4.79 Å². The third kappa shape index (κ3) is 35.1. The summed E-state index contributed by atoms with van der Waals surface area (Å²) in [4.78, 5) is 140. The first kappa shape index (κ1) is 126. The van der Waals surface area contributed by atoms with Crippen LogP contribution in [-0.2, 0) is 122 Å². The van der Waals surface area contributed by atoms with Gasteiger partial charge in [-0.25, -0.2) is 14.6 Å². The number of aromatic amines is 1. The van der Waals surface area contributed by atoms with E-state index in [0.717, 1.165) is 74.1 Å². The van der Waals surface area contributed by atoms with Crippen LogP contribution >= 0.6 is 21.6 Å². The fourth-order valence-electron chi connectivity index (χ4n) is 20.0. The summed E-state index contributed by atoms with van der Waals surface area (Å²) in [6.07, 6.45) is 7.29. The van der Waals surface area contributed by atoms with Gasteiger partial charge in [0.15, 0.2) is 36.5 Å². The first-order valence-corrected chi connectivity index (χ1v) is 52.3. The Balaban J connectivity index is 0.000000391. The monoisotopic (exact) mass is 2100 g/mol. The number of esters is 3. The van der Waals surface area contributed by atoms with Crippen molar-refractivity contribution in [2.24, 2.45) is 11.3 Å². The first-order valence-electron chi connectivity index (χ1n) is 50.2. The molecule has 14 unspecified atom stereocenters. The minimum Gasteiger partial charge on any atom is -0.481 e. The number of para-hydroxylation sites is 1. The Morgan fingerprint density at radius 1 is 0.678 bits per heavy atom. The molecule has 2 aromatic heterocycles. The molecule has 4 aromatic rings. The number of aliphatic hydroxyl groups excluding tert-OH is 6. The highest BCUT2D eigenvalue weighted by molar-refractivity contribution is 8.77. The Labute approximate surface area is 862 Å². The number of methoxy groups -OCH3 is 4. The predicted molar refractivity (Wildman–Crippen MR) is 538 cm³/mol. The minimum atomic E-state index is -2.17. The molecule has 2 amide bonds. The van der Waals surface area contributed by atoms with Gasteiger partial charge in [-0.3, -0.25) is 48.7 Å². The third-order valence-corrected chi connectivity index (χ3v) is 30.9. The number of ether oxygens (including phenoxy) is 13. The summed E-state index contributed by atoms with van der Waals surface area (Å²) in [6.45, 7) is 24.8. The number of anilines is 1. The lowest BCUT2D eigenvalue weighted by molar-refractivity contribution is -0.385. The number of nitrogens with zero attached hydrogens (tertiary/aromatic N) is 5. The van der Waals surface area contributed by atoms with E-state index in [1.54, 1.807) is 16.9 Å². The summed E-state index contributed by atoms with van der Waals surface area (Å²) >= 11 is 0. The van der Waals surface area contributed by atoms with E-state index in [9.17, 15) is 64.1 Å². The first-order chi connectivity index (χ1) is 69.6. The van der Waals surface area contributed by atoms with Gasteiger partial charge in [-0.1, -0.05) is 88.8 Å². The van der Waals surface area contributed by atoms with E-state index in [-0.39, 0.29) is 164 Å². The molecular weight excluding hydrogens is 1950 g/mol. The molecule has 10 rings (SSSR count). The number of fused-ring (bicyclic) bond motifs is 6. The van der Waals surface area contributed by atoms with Crippen molar-refractivity contribution in [3.8, 4) is 0 Å². The number of H-pyrrole nitrogens is 1. The van der Waals surface area contributed by atoms with E-state index in [0.29, 0.717) is 76.0 Å². The molecule has 146 heavy (non-hydrogen) atoms. The number of Topliss-reactive ketones (excluding diaryl/α,β-unsaturated/α-hetero) is 1. The number of piperidine rings is 1. The second-order valence-corrected chi connectivity index (χ2v) is 41.0. The summed E-state index contributed by atoms with van der Waals surface area (Å²) < 4.78 is 66.6. The molecule has 44 heteroatoms. The number of unbranched alkanes of at least 4 members (excludes halogenated alkanes) is 1. The largest absolute Gasteiger partial charge is 0.508 e. The highest BCUT2D eigenvalue weighted by Gasteiger charge is 2.78. The van der Waals surface area contributed by atoms with Crippen LogP contribution in [0.4, 0.5) is 16.2 Å². The second-order valence-electron chi connectivity index (χ2n) is 38.1. The van der Waals surface area contributed by atoms with Crippen molar-refractivity contribution in [2.75, 3.05) is 146 Å². The van der Waals surface area contributed by atoms with Crippen molar-refractivity contribution in [3.05, 3.63) is 105 Å². The van der Waals surface area contributed by atoms with Crippen LogP contribution < -0.4 is 15.5 Å². The number of aromatic nitrogens is 2. The van der Waals surface area contributed by atoms with Crippen LogP contribution in [0.25, 0.3) is 10.9 Å². The molecule has 2 bridgehead atoms. The van der Waals surface area contributed by atoms with E-state index in [2.05, 4.69) is 125 Å². The van der Waals surface area contributed by atoms with Crippen LogP contribution in [0, 0.1) is 28.4 Å². The second kappa shape index (κ2) is 62.1. The van der Waals surface area contributed by atoms with Crippen molar-refractivity contribution in [1.82, 2.24) is 30.4 Å². The number of likely N-dealkylation sites (N-methyl/N-ethyl adjacent to an activating group) is 1. The van der Waals surface area contributed by atoms with Gasteiger partial charge in [-0.15, -0.1) is 0 Å². The SMILES string of the molecule is CCC(CO)OC(CO)OC.CCC(CO)OC(COC(=O)CCC(=O)O)OC.CCC(CO)OC(COC(=O)CCCC(=O)NC(C)C(=O)OCCCCC(=O)[C@]1(O)C2N(C)c3cc(C)c([C@@]4(C)C[C@@H]5CN(CCc6c4[nH]c4ccccc64)CC(O)(CC)C5)cc3C23CCN2CC=C[C@](CC)(C23)[C@H]1O)OC.CCC(CO)OC(COC(=O)OCCC(=O)NCCCC(C)(C)SSc1ccc([N+](=O)[O-])cn1)OC.O=C=O. The fraction of sp³-hybridized carbons (Fsp3) is 0.706. The molecule has 2 aromatic carbocycles. The Kier molecular flexibility index (Phi) is 53.5. The lowest BCUT2D eigenvalue weighted by atomic mass is 9.47. The molecule has 5 aliphatic heterocycles. The Bertz CT molecular complexity index is 4770. The summed E-state index contributed by atoms with van der Waals surface area (Å²) in [5.74, 6) is -3.76. The lowest BCUT2D eigenvalue weighted by Crippen LogP contribution is -2.80. The number of carbonyl (C=O) groups is 8. The highest BCUT2D eigenvalue weighted by atomic mass is 33.1. The number of rotatable bonds is 56.